The third kappa shape index (κ3) is 1.96. The summed E-state index contributed by atoms with van der Waals surface area (Å²) in [4.78, 5) is 0. The van der Waals surface area contributed by atoms with Crippen molar-refractivity contribution in [2.24, 2.45) is 5.92 Å². The first kappa shape index (κ1) is 11.2. The molecule has 2 atom stereocenters. The van der Waals surface area contributed by atoms with Crippen LogP contribution < -0.4 is 0 Å². The van der Waals surface area contributed by atoms with Crippen molar-refractivity contribution in [3.63, 3.8) is 0 Å². The van der Waals surface area contributed by atoms with Crippen LogP contribution in [-0.2, 0) is 5.60 Å². The van der Waals surface area contributed by atoms with E-state index in [2.05, 4.69) is 13.0 Å². The van der Waals surface area contributed by atoms with E-state index in [-0.39, 0.29) is 5.92 Å². The van der Waals surface area contributed by atoms with Crippen LogP contribution in [0.25, 0.3) is 0 Å². The van der Waals surface area contributed by atoms with Crippen LogP contribution in [0.2, 0.25) is 0 Å². The molecule has 0 saturated carbocycles. The average molecular weight is 214 g/mol. The van der Waals surface area contributed by atoms with E-state index in [1.54, 1.807) is 0 Å². The van der Waals surface area contributed by atoms with Crippen molar-refractivity contribution < 1.29 is 5.11 Å². The predicted molar refractivity (Wildman–Crippen MR) is 67.0 cm³/mol. The van der Waals surface area contributed by atoms with Crippen LogP contribution in [0.5, 0.6) is 0 Å². The van der Waals surface area contributed by atoms with Gasteiger partial charge in [-0.25, -0.2) is 0 Å². The smallest absolute Gasteiger partial charge is 0.114 e. The molecule has 1 aliphatic carbocycles. The number of allylic oxidation sites excluding steroid dienone is 2. The number of aliphatic hydroxyl groups is 1. The van der Waals surface area contributed by atoms with Crippen LogP contribution in [0.4, 0.5) is 0 Å². The molecule has 16 heavy (non-hydrogen) atoms. The molecule has 0 aliphatic heterocycles. The van der Waals surface area contributed by atoms with Crippen molar-refractivity contribution in [3.8, 4) is 0 Å². The molecule has 2 rings (SSSR count). The first-order chi connectivity index (χ1) is 7.77. The third-order valence-corrected chi connectivity index (χ3v) is 3.21. The highest BCUT2D eigenvalue weighted by Gasteiger charge is 2.34. The normalized spacial score (nSPS) is 28.2. The Morgan fingerprint density at radius 2 is 1.94 bits per heavy atom. The largest absolute Gasteiger partial charge is 0.380 e. The topological polar surface area (TPSA) is 20.2 Å². The van der Waals surface area contributed by atoms with Crippen molar-refractivity contribution in [3.05, 3.63) is 60.2 Å². The van der Waals surface area contributed by atoms with Gasteiger partial charge in [0.05, 0.1) is 0 Å². The number of benzene rings is 1. The minimum atomic E-state index is -0.827. The van der Waals surface area contributed by atoms with Gasteiger partial charge in [-0.15, -0.1) is 0 Å². The second-order valence-corrected chi connectivity index (χ2v) is 4.33. The minimum absolute atomic E-state index is 0.185. The van der Waals surface area contributed by atoms with Gasteiger partial charge in [-0.3, -0.25) is 0 Å². The van der Waals surface area contributed by atoms with Gasteiger partial charge in [-0.1, -0.05) is 61.9 Å². The monoisotopic (exact) mass is 214 g/mol. The van der Waals surface area contributed by atoms with Gasteiger partial charge in [0.1, 0.15) is 5.60 Å². The molecule has 0 saturated heterocycles. The molecule has 0 heterocycles. The van der Waals surface area contributed by atoms with Crippen molar-refractivity contribution in [2.75, 3.05) is 0 Å². The molecule has 1 N–H and O–H groups in total. The fraction of sp³-hybridized carbons (Fsp3) is 0.333. The number of rotatable bonds is 3. The van der Waals surface area contributed by atoms with Crippen LogP contribution in [-0.4, -0.2) is 5.11 Å². The lowest BCUT2D eigenvalue weighted by Gasteiger charge is -2.34. The zero-order valence-electron chi connectivity index (χ0n) is 9.63. The van der Waals surface area contributed by atoms with E-state index >= 15 is 0 Å². The van der Waals surface area contributed by atoms with Crippen molar-refractivity contribution in [1.29, 1.82) is 0 Å². The molecular formula is C15H18O. The molecule has 0 amide bonds. The van der Waals surface area contributed by atoms with Crippen molar-refractivity contribution in [2.45, 2.75) is 25.4 Å². The van der Waals surface area contributed by atoms with Gasteiger partial charge in [0, 0.05) is 5.92 Å². The molecule has 1 aliphatic rings. The van der Waals surface area contributed by atoms with Crippen LogP contribution in [0, 0.1) is 5.92 Å². The van der Waals surface area contributed by atoms with Gasteiger partial charge in [-0.05, 0) is 18.1 Å². The van der Waals surface area contributed by atoms with Gasteiger partial charge in [0.25, 0.3) is 0 Å². The molecule has 1 aromatic carbocycles. The maximum absolute atomic E-state index is 10.8. The van der Waals surface area contributed by atoms with Crippen LogP contribution in [0.3, 0.4) is 0 Å². The maximum Gasteiger partial charge on any atom is 0.114 e. The Bertz CT molecular complexity index is 391. The van der Waals surface area contributed by atoms with Crippen LogP contribution in [0.1, 0.15) is 25.3 Å². The summed E-state index contributed by atoms with van der Waals surface area (Å²) in [7, 11) is 0. The van der Waals surface area contributed by atoms with Crippen LogP contribution >= 0.6 is 0 Å². The second-order valence-electron chi connectivity index (χ2n) is 4.33. The molecule has 2 unspecified atom stereocenters. The molecule has 0 fully saturated rings. The van der Waals surface area contributed by atoms with Gasteiger partial charge < -0.3 is 5.11 Å². The summed E-state index contributed by atoms with van der Waals surface area (Å²) < 4.78 is 0. The molecule has 1 nitrogen and oxygen atoms in total. The SMILES string of the molecule is CCCC1C=CC=CC1(O)c1ccccc1. The predicted octanol–water partition coefficient (Wildman–Crippen LogP) is 3.42. The summed E-state index contributed by atoms with van der Waals surface area (Å²) in [6.45, 7) is 2.15. The molecule has 0 radical (unpaired) electrons. The van der Waals surface area contributed by atoms with E-state index in [4.69, 9.17) is 0 Å². The quantitative estimate of drug-likeness (QED) is 0.817. The Morgan fingerprint density at radius 1 is 1.19 bits per heavy atom. The van der Waals surface area contributed by atoms with Crippen LogP contribution in [0.15, 0.2) is 54.6 Å². The molecule has 0 spiro atoms. The summed E-state index contributed by atoms with van der Waals surface area (Å²) in [5, 5.41) is 10.8. The lowest BCUT2D eigenvalue weighted by atomic mass is 9.76. The highest BCUT2D eigenvalue weighted by atomic mass is 16.3. The van der Waals surface area contributed by atoms with E-state index in [0.717, 1.165) is 18.4 Å². The highest BCUT2D eigenvalue weighted by molar-refractivity contribution is 5.34. The summed E-state index contributed by atoms with van der Waals surface area (Å²) in [5.41, 5.74) is 0.153. The summed E-state index contributed by atoms with van der Waals surface area (Å²) >= 11 is 0. The lowest BCUT2D eigenvalue weighted by Crippen LogP contribution is -2.33. The highest BCUT2D eigenvalue weighted by Crippen LogP contribution is 2.37. The van der Waals surface area contributed by atoms with Crippen molar-refractivity contribution >= 4 is 0 Å². The van der Waals surface area contributed by atoms with E-state index in [1.165, 1.54) is 0 Å². The zero-order chi connectivity index (χ0) is 11.4. The number of hydrogen-bond acceptors (Lipinski definition) is 1. The molecule has 0 bridgehead atoms. The van der Waals surface area contributed by atoms with E-state index in [1.807, 2.05) is 48.6 Å². The lowest BCUT2D eigenvalue weighted by molar-refractivity contribution is 0.0391. The summed E-state index contributed by atoms with van der Waals surface area (Å²) in [6, 6.07) is 9.91. The third-order valence-electron chi connectivity index (χ3n) is 3.21. The molecule has 0 aromatic heterocycles. The van der Waals surface area contributed by atoms with E-state index < -0.39 is 5.60 Å². The van der Waals surface area contributed by atoms with Crippen molar-refractivity contribution in [1.82, 2.24) is 0 Å². The average Bonchev–Trinajstić information content (AvgIpc) is 2.34. The van der Waals surface area contributed by atoms with Gasteiger partial charge in [0.15, 0.2) is 0 Å². The molecule has 1 aromatic rings. The van der Waals surface area contributed by atoms with Gasteiger partial charge >= 0.3 is 0 Å². The minimum Gasteiger partial charge on any atom is -0.380 e. The van der Waals surface area contributed by atoms with E-state index in [0.29, 0.717) is 0 Å². The summed E-state index contributed by atoms with van der Waals surface area (Å²) in [6.07, 6.45) is 10.1. The fourth-order valence-corrected chi connectivity index (χ4v) is 2.31. The van der Waals surface area contributed by atoms with Gasteiger partial charge in [-0.2, -0.15) is 0 Å². The number of hydrogen-bond donors (Lipinski definition) is 1. The first-order valence-electron chi connectivity index (χ1n) is 5.91. The van der Waals surface area contributed by atoms with E-state index in [9.17, 15) is 5.11 Å². The maximum atomic E-state index is 10.8. The Morgan fingerprint density at radius 3 is 2.62 bits per heavy atom. The second kappa shape index (κ2) is 4.67. The summed E-state index contributed by atoms with van der Waals surface area (Å²) in [5.74, 6) is 0.185. The zero-order valence-corrected chi connectivity index (χ0v) is 9.63. The Hall–Kier alpha value is -1.34. The fourth-order valence-electron chi connectivity index (χ4n) is 2.31. The molecular weight excluding hydrogens is 196 g/mol. The Labute approximate surface area is 97.1 Å². The Kier molecular flexibility index (Phi) is 3.25. The molecule has 84 valence electrons. The van der Waals surface area contributed by atoms with Gasteiger partial charge in [0.2, 0.25) is 0 Å². The standard InChI is InChI=1S/C15H18O/c1-2-8-13-11-6-7-12-15(13,16)14-9-4-3-5-10-14/h3-7,9-13,16H,2,8H2,1H3. The Balaban J connectivity index is 2.35. The molecule has 1 heteroatoms. The first-order valence-corrected chi connectivity index (χ1v) is 5.91.